The molecule has 4 aliphatic rings. The summed E-state index contributed by atoms with van der Waals surface area (Å²) in [5, 5.41) is 0. The van der Waals surface area contributed by atoms with Gasteiger partial charge in [-0.05, 0) is 26.3 Å². The molecule has 0 radical (unpaired) electrons. The van der Waals surface area contributed by atoms with Crippen LogP contribution in [-0.2, 0) is 61.9 Å². The monoisotopic (exact) mass is 648 g/mol. The highest BCUT2D eigenvalue weighted by atomic mass is 16.7. The number of carbonyl (C=O) groups excluding carboxylic acids is 6. The summed E-state index contributed by atoms with van der Waals surface area (Å²) < 4.78 is 41.9. The number of fused-ring (bicyclic) bond motifs is 1. The fraction of sp³-hybridized carbons (Fsp3) is 0.697. The van der Waals surface area contributed by atoms with E-state index in [1.54, 1.807) is 39.8 Å². The van der Waals surface area contributed by atoms with Crippen LogP contribution in [0.2, 0.25) is 0 Å². The predicted octanol–water partition coefficient (Wildman–Crippen LogP) is 3.06. The molecule has 46 heavy (non-hydrogen) atoms. The van der Waals surface area contributed by atoms with E-state index >= 15 is 0 Å². The molecular weight excluding hydrogens is 604 g/mol. The molecule has 1 spiro atoms. The van der Waals surface area contributed by atoms with Crippen LogP contribution >= 0.6 is 0 Å². The predicted molar refractivity (Wildman–Crippen MR) is 157 cm³/mol. The molecule has 0 aromatic heterocycles. The second-order valence-electron chi connectivity index (χ2n) is 13.1. The molecule has 0 amide bonds. The van der Waals surface area contributed by atoms with E-state index in [-0.39, 0.29) is 19.3 Å². The van der Waals surface area contributed by atoms with Crippen molar-refractivity contribution in [3.63, 3.8) is 0 Å². The summed E-state index contributed by atoms with van der Waals surface area (Å²) in [6.07, 6.45) is -3.07. The maximum Gasteiger partial charge on any atom is 0.342 e. The lowest BCUT2D eigenvalue weighted by atomic mass is 9.52. The van der Waals surface area contributed by atoms with Gasteiger partial charge in [0.25, 0.3) is 0 Å². The second kappa shape index (κ2) is 12.8. The Bertz CT molecular complexity index is 1340. The van der Waals surface area contributed by atoms with Crippen molar-refractivity contribution in [3.05, 3.63) is 24.3 Å². The van der Waals surface area contributed by atoms with E-state index in [9.17, 15) is 28.8 Å². The van der Waals surface area contributed by atoms with E-state index in [1.165, 1.54) is 27.7 Å². The topological polar surface area (TPSA) is 170 Å². The molecule has 2 aliphatic heterocycles. The molecule has 2 aliphatic carbocycles. The Morgan fingerprint density at radius 1 is 0.913 bits per heavy atom. The smallest absolute Gasteiger partial charge is 0.342 e. The van der Waals surface area contributed by atoms with E-state index in [1.807, 2.05) is 0 Å². The van der Waals surface area contributed by atoms with Crippen LogP contribution in [0.15, 0.2) is 24.3 Å². The van der Waals surface area contributed by atoms with Gasteiger partial charge in [0.15, 0.2) is 17.3 Å². The van der Waals surface area contributed by atoms with Crippen molar-refractivity contribution in [1.29, 1.82) is 0 Å². The normalized spacial score (nSPS) is 40.6. The summed E-state index contributed by atoms with van der Waals surface area (Å²) in [6, 6.07) is 0. The molecule has 3 fully saturated rings. The number of esters is 6. The molecule has 13 heteroatoms. The van der Waals surface area contributed by atoms with Crippen LogP contribution in [0, 0.1) is 17.3 Å². The van der Waals surface area contributed by atoms with E-state index in [4.69, 9.17) is 33.2 Å². The molecule has 254 valence electrons. The highest BCUT2D eigenvalue weighted by Crippen LogP contribution is 2.66. The van der Waals surface area contributed by atoms with Gasteiger partial charge in [-0.15, -0.1) is 6.58 Å². The van der Waals surface area contributed by atoms with Crippen LogP contribution in [0.1, 0.15) is 81.1 Å². The third-order valence-corrected chi connectivity index (χ3v) is 9.84. The highest BCUT2D eigenvalue weighted by Gasteiger charge is 2.87. The van der Waals surface area contributed by atoms with Crippen LogP contribution in [0.3, 0.4) is 0 Å². The first-order valence-corrected chi connectivity index (χ1v) is 15.5. The third-order valence-electron chi connectivity index (χ3n) is 9.84. The zero-order valence-electron chi connectivity index (χ0n) is 27.6. The van der Waals surface area contributed by atoms with Gasteiger partial charge in [0.2, 0.25) is 0 Å². The molecule has 0 N–H and O–H groups in total. The summed E-state index contributed by atoms with van der Waals surface area (Å²) in [7, 11) is 0. The number of carbonyl (C=O) groups is 6. The van der Waals surface area contributed by atoms with E-state index in [0.29, 0.717) is 12.0 Å². The minimum absolute atomic E-state index is 0.0241. The van der Waals surface area contributed by atoms with Gasteiger partial charge in [0.1, 0.15) is 30.5 Å². The van der Waals surface area contributed by atoms with Gasteiger partial charge in [0.05, 0.1) is 5.41 Å². The number of ether oxygens (including phenoxy) is 7. The lowest BCUT2D eigenvalue weighted by molar-refractivity contribution is -0.247. The van der Waals surface area contributed by atoms with Crippen molar-refractivity contribution >= 4 is 35.8 Å². The molecule has 11 atom stereocenters. The summed E-state index contributed by atoms with van der Waals surface area (Å²) >= 11 is 0. The third kappa shape index (κ3) is 6.05. The van der Waals surface area contributed by atoms with Crippen molar-refractivity contribution in [2.24, 2.45) is 17.3 Å². The highest BCUT2D eigenvalue weighted by molar-refractivity contribution is 5.89. The van der Waals surface area contributed by atoms with Crippen LogP contribution < -0.4 is 0 Å². The quantitative estimate of drug-likeness (QED) is 0.163. The van der Waals surface area contributed by atoms with Crippen LogP contribution in [0.25, 0.3) is 0 Å². The molecule has 0 bridgehead atoms. The van der Waals surface area contributed by atoms with Crippen molar-refractivity contribution in [2.45, 2.75) is 129 Å². The van der Waals surface area contributed by atoms with Gasteiger partial charge in [-0.1, -0.05) is 25.5 Å². The molecule has 0 aromatic carbocycles. The van der Waals surface area contributed by atoms with Crippen molar-refractivity contribution in [1.82, 2.24) is 0 Å². The van der Waals surface area contributed by atoms with Crippen LogP contribution in [-0.4, -0.2) is 83.6 Å². The number of epoxide rings is 1. The summed E-state index contributed by atoms with van der Waals surface area (Å²) in [5.74, 6) is -5.64. The minimum atomic E-state index is -1.54. The van der Waals surface area contributed by atoms with Crippen molar-refractivity contribution in [2.75, 3.05) is 0 Å². The van der Waals surface area contributed by atoms with Gasteiger partial charge in [-0.2, -0.15) is 0 Å². The average Bonchev–Trinajstić information content (AvgIpc) is 3.52. The van der Waals surface area contributed by atoms with Gasteiger partial charge in [-0.3, -0.25) is 24.0 Å². The van der Waals surface area contributed by atoms with Crippen molar-refractivity contribution in [3.8, 4) is 0 Å². The summed E-state index contributed by atoms with van der Waals surface area (Å²) in [6.45, 7) is 15.2. The fourth-order valence-corrected chi connectivity index (χ4v) is 7.91. The van der Waals surface area contributed by atoms with Gasteiger partial charge in [-0.25, -0.2) is 4.79 Å². The Hall–Kier alpha value is -3.74. The molecular formula is C33H44O13. The first-order chi connectivity index (χ1) is 21.4. The number of hydrogen-bond donors (Lipinski definition) is 0. The van der Waals surface area contributed by atoms with Gasteiger partial charge < -0.3 is 33.2 Å². The van der Waals surface area contributed by atoms with E-state index in [0.717, 1.165) is 0 Å². The SMILES string of the molecule is C=CCCC(=O)O[C@@H]1C[C@@H](OC(C)=O)[C@]2(C)[C@@H]([C@@H]1C)[C@@H](OC(C)=O)[C@@]13O[C@]1(C)C(=O)O[C@@H]3/C=C(/C)C[C@@H](OC(C)=O)[C@H]2OC(C)=O. The van der Waals surface area contributed by atoms with E-state index < -0.39 is 101 Å². The van der Waals surface area contributed by atoms with Gasteiger partial charge in [0, 0.05) is 58.8 Å². The number of allylic oxidation sites excluding steroid dienone is 1. The molecule has 1 saturated carbocycles. The summed E-state index contributed by atoms with van der Waals surface area (Å²) in [4.78, 5) is 77.1. The molecule has 2 heterocycles. The van der Waals surface area contributed by atoms with Gasteiger partial charge >= 0.3 is 35.8 Å². The Morgan fingerprint density at radius 3 is 2.04 bits per heavy atom. The maximum absolute atomic E-state index is 13.3. The Labute approximate surface area is 268 Å². The lowest BCUT2D eigenvalue weighted by Crippen LogP contribution is -2.68. The van der Waals surface area contributed by atoms with Crippen LogP contribution in [0.5, 0.6) is 0 Å². The Balaban J connectivity index is 2.05. The van der Waals surface area contributed by atoms with Crippen LogP contribution in [0.4, 0.5) is 0 Å². The standard InChI is InChI=1S/C33H44O13/c1-10-11-12-26(38)44-22-15-24(41-19(5)35)31(8)27(17(22)3)29(43-21(7)37)33-25(45-30(39)32(33,9)46-33)14-16(2)13-23(40-18(4)34)28(31)42-20(6)36/h10,14,17,22-25,27-29H,1,11-13,15H2,2-9H3/b16-14-/t17-,22-,23-,24-,25-,27+,28-,29-,31-,32-,33-/m1/s1. The molecule has 0 aromatic rings. The maximum atomic E-state index is 13.3. The number of rotatable bonds is 8. The van der Waals surface area contributed by atoms with E-state index in [2.05, 4.69) is 6.58 Å². The second-order valence-corrected chi connectivity index (χ2v) is 13.1. The number of hydrogen-bond acceptors (Lipinski definition) is 13. The zero-order chi connectivity index (χ0) is 34.4. The lowest BCUT2D eigenvalue weighted by Gasteiger charge is -2.57. The Kier molecular flexibility index (Phi) is 9.78. The average molecular weight is 649 g/mol. The molecule has 13 nitrogen and oxygen atoms in total. The van der Waals surface area contributed by atoms with Crippen molar-refractivity contribution < 1.29 is 61.9 Å². The largest absolute Gasteiger partial charge is 0.462 e. The first-order valence-electron chi connectivity index (χ1n) is 15.5. The fourth-order valence-electron chi connectivity index (χ4n) is 7.91. The summed E-state index contributed by atoms with van der Waals surface area (Å²) in [5.41, 5.74) is -3.95. The molecule has 0 unspecified atom stereocenters. The molecule has 2 saturated heterocycles. The minimum Gasteiger partial charge on any atom is -0.462 e. The first kappa shape index (κ1) is 35.1. The molecule has 4 rings (SSSR count). The zero-order valence-corrected chi connectivity index (χ0v) is 27.6. The Morgan fingerprint density at radius 2 is 1.50 bits per heavy atom.